The standard InChI is InChI=1S/C32H34BN3O3/c1-23-19-32(37)35(29-21-26(8-9-28(23)29)25-5-3-2-4-6-25)16-15-34-13-11-27(12-14-34)36(33)22-24-7-10-30-31(20-24)39-18-17-38-30/h2-10,19-21,27H,11-18,22H2,1H3. The second kappa shape index (κ2) is 11.3. The number of likely N-dealkylation sites (tertiary alicyclic amines) is 1. The number of hydrogen-bond donors (Lipinski definition) is 0. The summed E-state index contributed by atoms with van der Waals surface area (Å²) in [7, 11) is 6.52. The zero-order valence-electron chi connectivity index (χ0n) is 22.5. The number of nitrogens with zero attached hydrogens (tertiary/aromatic N) is 3. The number of fused-ring (bicyclic) bond motifs is 2. The maximum absolute atomic E-state index is 13.1. The van der Waals surface area contributed by atoms with E-state index in [2.05, 4.69) is 41.3 Å². The van der Waals surface area contributed by atoms with Gasteiger partial charge in [-0.25, -0.2) is 0 Å². The molecular formula is C32H34BN3O3. The van der Waals surface area contributed by atoms with Gasteiger partial charge >= 0.3 is 0 Å². The summed E-state index contributed by atoms with van der Waals surface area (Å²) in [6, 6.07) is 25.0. The van der Waals surface area contributed by atoms with Crippen molar-refractivity contribution in [1.82, 2.24) is 14.3 Å². The number of rotatable bonds is 7. The molecule has 39 heavy (non-hydrogen) atoms. The van der Waals surface area contributed by atoms with E-state index in [4.69, 9.17) is 17.5 Å². The predicted octanol–water partition coefficient (Wildman–Crippen LogP) is 4.80. The molecule has 2 radical (unpaired) electrons. The van der Waals surface area contributed by atoms with Crippen molar-refractivity contribution >= 4 is 18.9 Å². The fourth-order valence-corrected chi connectivity index (χ4v) is 5.83. The monoisotopic (exact) mass is 519 g/mol. The summed E-state index contributed by atoms with van der Waals surface area (Å²) in [5.74, 6) is 1.61. The Labute approximate surface area is 231 Å². The van der Waals surface area contributed by atoms with Crippen molar-refractivity contribution in [3.05, 3.63) is 94.3 Å². The average Bonchev–Trinajstić information content (AvgIpc) is 2.97. The summed E-state index contributed by atoms with van der Waals surface area (Å²) in [5.41, 5.74) is 5.50. The van der Waals surface area contributed by atoms with E-state index in [0.29, 0.717) is 32.3 Å². The Bertz CT molecular complexity index is 1510. The van der Waals surface area contributed by atoms with Crippen molar-refractivity contribution in [3.8, 4) is 22.6 Å². The highest BCUT2D eigenvalue weighted by atomic mass is 16.6. The zero-order valence-corrected chi connectivity index (χ0v) is 22.5. The Balaban J connectivity index is 1.09. The third-order valence-corrected chi connectivity index (χ3v) is 8.06. The van der Waals surface area contributed by atoms with E-state index in [1.54, 1.807) is 6.07 Å². The van der Waals surface area contributed by atoms with E-state index < -0.39 is 0 Å². The molecule has 0 N–H and O–H groups in total. The molecule has 4 aromatic rings. The van der Waals surface area contributed by atoms with Crippen LogP contribution in [0.4, 0.5) is 0 Å². The third kappa shape index (κ3) is 5.61. The molecule has 0 spiro atoms. The highest BCUT2D eigenvalue weighted by Gasteiger charge is 2.23. The molecule has 7 heteroatoms. The topological polar surface area (TPSA) is 46.9 Å². The molecule has 6 rings (SSSR count). The first-order valence-corrected chi connectivity index (χ1v) is 13.9. The largest absolute Gasteiger partial charge is 0.486 e. The first-order chi connectivity index (χ1) is 19.0. The van der Waals surface area contributed by atoms with E-state index in [1.165, 1.54) is 0 Å². The molecule has 0 unspecified atom stereocenters. The molecular weight excluding hydrogens is 485 g/mol. The van der Waals surface area contributed by atoms with Crippen LogP contribution < -0.4 is 15.0 Å². The van der Waals surface area contributed by atoms with Crippen LogP contribution in [0.2, 0.25) is 0 Å². The van der Waals surface area contributed by atoms with Crippen molar-refractivity contribution in [3.63, 3.8) is 0 Å². The van der Waals surface area contributed by atoms with Crippen LogP contribution in [0.5, 0.6) is 11.5 Å². The Morgan fingerprint density at radius 1 is 0.872 bits per heavy atom. The molecule has 3 heterocycles. The molecule has 0 aliphatic carbocycles. The van der Waals surface area contributed by atoms with Crippen LogP contribution >= 0.6 is 0 Å². The first-order valence-electron chi connectivity index (χ1n) is 13.9. The summed E-state index contributed by atoms with van der Waals surface area (Å²) in [5, 5.41) is 1.13. The number of aromatic nitrogens is 1. The molecule has 2 aliphatic heterocycles. The number of pyridine rings is 1. The lowest BCUT2D eigenvalue weighted by atomic mass is 9.98. The van der Waals surface area contributed by atoms with E-state index in [9.17, 15) is 4.79 Å². The molecule has 0 saturated carbocycles. The maximum atomic E-state index is 13.1. The SMILES string of the molecule is [B]N(Cc1ccc2c(c1)OCCO2)C1CCN(CCn2c(=O)cc(C)c3ccc(-c4ccccc4)cc32)CC1. The van der Waals surface area contributed by atoms with Crippen molar-refractivity contribution < 1.29 is 9.47 Å². The van der Waals surface area contributed by atoms with Gasteiger partial charge in [-0.3, -0.25) is 4.79 Å². The van der Waals surface area contributed by atoms with E-state index >= 15 is 0 Å². The number of piperidine rings is 1. The lowest BCUT2D eigenvalue weighted by Gasteiger charge is -2.37. The highest BCUT2D eigenvalue weighted by molar-refractivity contribution is 6.04. The molecule has 1 aromatic heterocycles. The molecule has 3 aromatic carbocycles. The Kier molecular flexibility index (Phi) is 7.44. The molecule has 0 bridgehead atoms. The highest BCUT2D eigenvalue weighted by Crippen LogP contribution is 2.31. The Morgan fingerprint density at radius 3 is 2.44 bits per heavy atom. The van der Waals surface area contributed by atoms with Gasteiger partial charge in [-0.2, -0.15) is 0 Å². The minimum Gasteiger partial charge on any atom is -0.486 e. The number of ether oxygens (including phenoxy) is 2. The third-order valence-electron chi connectivity index (χ3n) is 8.06. The number of aryl methyl sites for hydroxylation is 1. The molecule has 6 nitrogen and oxygen atoms in total. The first kappa shape index (κ1) is 25.7. The van der Waals surface area contributed by atoms with Crippen LogP contribution in [0.15, 0.2) is 77.6 Å². The summed E-state index contributed by atoms with van der Waals surface area (Å²) in [4.78, 5) is 17.5. The summed E-state index contributed by atoms with van der Waals surface area (Å²) < 4.78 is 13.3. The van der Waals surface area contributed by atoms with Gasteiger partial charge in [0.05, 0.1) is 5.52 Å². The van der Waals surface area contributed by atoms with Gasteiger partial charge in [0.15, 0.2) is 19.5 Å². The minimum atomic E-state index is 0.0626. The van der Waals surface area contributed by atoms with Crippen LogP contribution in [-0.4, -0.2) is 61.1 Å². The summed E-state index contributed by atoms with van der Waals surface area (Å²) in [6.45, 7) is 7.31. The summed E-state index contributed by atoms with van der Waals surface area (Å²) in [6.07, 6.45) is 2.01. The van der Waals surface area contributed by atoms with Crippen molar-refractivity contribution in [2.75, 3.05) is 32.8 Å². The molecule has 2 aliphatic rings. The Hall–Kier alpha value is -3.55. The van der Waals surface area contributed by atoms with Crippen molar-refractivity contribution in [2.24, 2.45) is 0 Å². The fraction of sp³-hybridized carbons (Fsp3) is 0.344. The van der Waals surface area contributed by atoms with Gasteiger partial charge in [-0.05, 0) is 73.3 Å². The predicted molar refractivity (Wildman–Crippen MR) is 157 cm³/mol. The lowest BCUT2D eigenvalue weighted by Crippen LogP contribution is -2.44. The molecule has 198 valence electrons. The van der Waals surface area contributed by atoms with E-state index in [1.807, 2.05) is 46.6 Å². The van der Waals surface area contributed by atoms with Gasteiger partial charge in [0, 0.05) is 37.1 Å². The molecule has 1 saturated heterocycles. The van der Waals surface area contributed by atoms with Gasteiger partial charge in [0.25, 0.3) is 5.56 Å². The van der Waals surface area contributed by atoms with Gasteiger partial charge in [0.1, 0.15) is 13.2 Å². The lowest BCUT2D eigenvalue weighted by molar-refractivity contribution is 0.153. The summed E-state index contributed by atoms with van der Waals surface area (Å²) >= 11 is 0. The van der Waals surface area contributed by atoms with Crippen molar-refractivity contribution in [1.29, 1.82) is 0 Å². The number of benzene rings is 3. The van der Waals surface area contributed by atoms with E-state index in [0.717, 1.165) is 77.1 Å². The molecule has 0 atom stereocenters. The maximum Gasteiger partial charge on any atom is 0.251 e. The Morgan fingerprint density at radius 2 is 1.64 bits per heavy atom. The van der Waals surface area contributed by atoms with Gasteiger partial charge in [-0.15, -0.1) is 0 Å². The second-order valence-electron chi connectivity index (χ2n) is 10.6. The number of hydrogen-bond acceptors (Lipinski definition) is 5. The van der Waals surface area contributed by atoms with Crippen LogP contribution in [-0.2, 0) is 13.1 Å². The molecule has 1 fully saturated rings. The smallest absolute Gasteiger partial charge is 0.251 e. The van der Waals surface area contributed by atoms with Crippen LogP contribution in [0.25, 0.3) is 22.0 Å². The van der Waals surface area contributed by atoms with Crippen LogP contribution in [0, 0.1) is 6.92 Å². The van der Waals surface area contributed by atoms with Crippen LogP contribution in [0.3, 0.4) is 0 Å². The quantitative estimate of drug-likeness (QED) is 0.329. The molecule has 0 amide bonds. The zero-order chi connectivity index (χ0) is 26.8. The van der Waals surface area contributed by atoms with Gasteiger partial charge in [0.2, 0.25) is 0 Å². The minimum absolute atomic E-state index is 0.0626. The van der Waals surface area contributed by atoms with E-state index in [-0.39, 0.29) is 5.56 Å². The van der Waals surface area contributed by atoms with Crippen LogP contribution in [0.1, 0.15) is 24.0 Å². The van der Waals surface area contributed by atoms with Gasteiger partial charge in [-0.1, -0.05) is 48.5 Å². The average molecular weight is 519 g/mol. The fourth-order valence-electron chi connectivity index (χ4n) is 5.83. The van der Waals surface area contributed by atoms with Crippen molar-refractivity contribution in [2.45, 2.75) is 38.9 Å². The van der Waals surface area contributed by atoms with Gasteiger partial charge < -0.3 is 23.8 Å². The second-order valence-corrected chi connectivity index (χ2v) is 10.6. The normalized spacial score (nSPS) is 16.2.